The highest BCUT2D eigenvalue weighted by atomic mass is 16.5. The summed E-state index contributed by atoms with van der Waals surface area (Å²) in [5, 5.41) is 0. The fourth-order valence-corrected chi connectivity index (χ4v) is 0.487. The molecule has 0 N–H and O–H groups in total. The van der Waals surface area contributed by atoms with E-state index < -0.39 is 0 Å². The lowest BCUT2D eigenvalue weighted by Gasteiger charge is -1.92. The predicted octanol–water partition coefficient (Wildman–Crippen LogP) is 2.59. The zero-order chi connectivity index (χ0) is 9.56. The Hall–Kier alpha value is -1.31. The van der Waals surface area contributed by atoms with E-state index in [0.717, 1.165) is 11.1 Å². The van der Waals surface area contributed by atoms with Gasteiger partial charge < -0.3 is 4.74 Å². The average molecular weight is 166 g/mol. The van der Waals surface area contributed by atoms with Crippen LogP contribution in [0.15, 0.2) is 36.1 Å². The van der Waals surface area contributed by atoms with Crippen LogP contribution in [0.5, 0.6) is 0 Å². The summed E-state index contributed by atoms with van der Waals surface area (Å²) in [6.45, 7) is 9.12. The first kappa shape index (κ1) is 10.7. The number of esters is 1. The molecule has 0 amide bonds. The van der Waals surface area contributed by atoms with Crippen LogP contribution in [0.25, 0.3) is 0 Å². The number of hydrogen-bond acceptors (Lipinski definition) is 2. The van der Waals surface area contributed by atoms with Gasteiger partial charge >= 0.3 is 5.97 Å². The Morgan fingerprint density at radius 1 is 1.33 bits per heavy atom. The van der Waals surface area contributed by atoms with Crippen LogP contribution in [0.4, 0.5) is 0 Å². The second kappa shape index (κ2) is 5.35. The SMILES string of the molecule is C=C(C)C=COC(=O)C=C(C)C. The molecule has 66 valence electrons. The Bertz CT molecular complexity index is 230. The minimum absolute atomic E-state index is 0.354. The van der Waals surface area contributed by atoms with Gasteiger partial charge in [0.15, 0.2) is 0 Å². The molecule has 0 aliphatic rings. The van der Waals surface area contributed by atoms with E-state index in [2.05, 4.69) is 6.58 Å². The number of allylic oxidation sites excluding steroid dienone is 3. The van der Waals surface area contributed by atoms with Crippen molar-refractivity contribution in [2.24, 2.45) is 0 Å². The van der Waals surface area contributed by atoms with E-state index in [0.29, 0.717) is 0 Å². The van der Waals surface area contributed by atoms with Crippen LogP contribution in [0, 0.1) is 0 Å². The fraction of sp³-hybridized carbons (Fsp3) is 0.300. The molecular formula is C10H14O2. The molecule has 0 rings (SSSR count). The number of carbonyl (C=O) groups excluding carboxylic acids is 1. The molecule has 0 saturated carbocycles. The van der Waals surface area contributed by atoms with Crippen LogP contribution in [0.2, 0.25) is 0 Å². The van der Waals surface area contributed by atoms with Crippen LogP contribution in [0.3, 0.4) is 0 Å². The molecule has 2 heteroatoms. The highest BCUT2D eigenvalue weighted by Gasteiger charge is 1.92. The largest absolute Gasteiger partial charge is 0.431 e. The number of ether oxygens (including phenoxy) is 1. The average Bonchev–Trinajstić information content (AvgIpc) is 1.84. The van der Waals surface area contributed by atoms with E-state index in [1.807, 2.05) is 20.8 Å². The third kappa shape index (κ3) is 6.81. The summed E-state index contributed by atoms with van der Waals surface area (Å²) in [5.74, 6) is -0.354. The van der Waals surface area contributed by atoms with Crippen LogP contribution in [0.1, 0.15) is 20.8 Å². The van der Waals surface area contributed by atoms with E-state index in [1.54, 1.807) is 6.08 Å². The van der Waals surface area contributed by atoms with Gasteiger partial charge in [-0.25, -0.2) is 4.79 Å². The molecule has 0 radical (unpaired) electrons. The maximum atomic E-state index is 10.9. The monoisotopic (exact) mass is 166 g/mol. The normalized spacial score (nSPS) is 9.58. The van der Waals surface area contributed by atoms with Crippen molar-refractivity contribution in [1.82, 2.24) is 0 Å². The Balaban J connectivity index is 3.88. The maximum Gasteiger partial charge on any atom is 0.335 e. The Morgan fingerprint density at radius 2 is 1.92 bits per heavy atom. The van der Waals surface area contributed by atoms with E-state index in [4.69, 9.17) is 4.74 Å². The smallest absolute Gasteiger partial charge is 0.335 e. The van der Waals surface area contributed by atoms with Gasteiger partial charge in [0.2, 0.25) is 0 Å². The minimum Gasteiger partial charge on any atom is -0.431 e. The lowest BCUT2D eigenvalue weighted by Crippen LogP contribution is -1.94. The molecular weight excluding hydrogens is 152 g/mol. The third-order valence-electron chi connectivity index (χ3n) is 0.943. The van der Waals surface area contributed by atoms with Gasteiger partial charge in [-0.3, -0.25) is 0 Å². The Labute approximate surface area is 73.2 Å². The quantitative estimate of drug-likeness (QED) is 0.279. The van der Waals surface area contributed by atoms with Crippen molar-refractivity contribution in [1.29, 1.82) is 0 Å². The minimum atomic E-state index is -0.354. The summed E-state index contributed by atoms with van der Waals surface area (Å²) >= 11 is 0. The zero-order valence-electron chi connectivity index (χ0n) is 7.76. The van der Waals surface area contributed by atoms with E-state index in [1.165, 1.54) is 12.3 Å². The summed E-state index contributed by atoms with van der Waals surface area (Å²) in [6, 6.07) is 0. The number of hydrogen-bond donors (Lipinski definition) is 0. The zero-order valence-corrected chi connectivity index (χ0v) is 7.76. The maximum absolute atomic E-state index is 10.9. The molecule has 0 aromatic rings. The summed E-state index contributed by atoms with van der Waals surface area (Å²) < 4.78 is 4.71. The standard InChI is InChI=1S/C10H14O2/c1-8(2)5-6-12-10(11)7-9(3)4/h5-7H,1H2,2-4H3. The van der Waals surface area contributed by atoms with Gasteiger partial charge in [-0.15, -0.1) is 0 Å². The molecule has 0 atom stereocenters. The van der Waals surface area contributed by atoms with Crippen LogP contribution in [-0.2, 0) is 9.53 Å². The molecule has 0 spiro atoms. The molecule has 0 aromatic heterocycles. The summed E-state index contributed by atoms with van der Waals surface area (Å²) in [7, 11) is 0. The predicted molar refractivity (Wildman–Crippen MR) is 49.5 cm³/mol. The van der Waals surface area contributed by atoms with Crippen molar-refractivity contribution in [3.63, 3.8) is 0 Å². The summed E-state index contributed by atoms with van der Waals surface area (Å²) in [6.07, 6.45) is 4.41. The second-order valence-corrected chi connectivity index (χ2v) is 2.81. The highest BCUT2D eigenvalue weighted by Crippen LogP contribution is 1.93. The van der Waals surface area contributed by atoms with Crippen LogP contribution in [-0.4, -0.2) is 5.97 Å². The van der Waals surface area contributed by atoms with Gasteiger partial charge in [0.05, 0.1) is 6.26 Å². The first-order valence-electron chi connectivity index (χ1n) is 3.70. The lowest BCUT2D eigenvalue weighted by molar-refractivity contribution is -0.132. The van der Waals surface area contributed by atoms with Crippen molar-refractivity contribution in [2.75, 3.05) is 0 Å². The molecule has 0 aliphatic heterocycles. The van der Waals surface area contributed by atoms with Crippen molar-refractivity contribution >= 4 is 5.97 Å². The van der Waals surface area contributed by atoms with Gasteiger partial charge in [0, 0.05) is 6.08 Å². The van der Waals surface area contributed by atoms with Gasteiger partial charge in [-0.05, 0) is 26.8 Å². The second-order valence-electron chi connectivity index (χ2n) is 2.81. The van der Waals surface area contributed by atoms with E-state index in [9.17, 15) is 4.79 Å². The Kier molecular flexibility index (Phi) is 4.77. The lowest BCUT2D eigenvalue weighted by atomic mass is 10.3. The molecule has 0 unspecified atom stereocenters. The first-order valence-corrected chi connectivity index (χ1v) is 3.70. The van der Waals surface area contributed by atoms with Gasteiger partial charge in [-0.1, -0.05) is 17.7 Å². The van der Waals surface area contributed by atoms with E-state index >= 15 is 0 Å². The molecule has 0 heterocycles. The van der Waals surface area contributed by atoms with Crippen molar-refractivity contribution in [3.8, 4) is 0 Å². The van der Waals surface area contributed by atoms with Crippen molar-refractivity contribution in [3.05, 3.63) is 36.1 Å². The topological polar surface area (TPSA) is 26.3 Å². The van der Waals surface area contributed by atoms with Crippen LogP contribution >= 0.6 is 0 Å². The first-order chi connectivity index (χ1) is 5.52. The van der Waals surface area contributed by atoms with Crippen LogP contribution < -0.4 is 0 Å². The molecule has 0 bridgehead atoms. The Morgan fingerprint density at radius 3 is 2.33 bits per heavy atom. The molecule has 0 aliphatic carbocycles. The third-order valence-corrected chi connectivity index (χ3v) is 0.943. The highest BCUT2D eigenvalue weighted by molar-refractivity contribution is 5.83. The van der Waals surface area contributed by atoms with Crippen molar-refractivity contribution in [2.45, 2.75) is 20.8 Å². The number of rotatable bonds is 3. The van der Waals surface area contributed by atoms with E-state index in [-0.39, 0.29) is 5.97 Å². The molecule has 0 saturated heterocycles. The van der Waals surface area contributed by atoms with Crippen molar-refractivity contribution < 1.29 is 9.53 Å². The molecule has 0 fully saturated rings. The molecule has 12 heavy (non-hydrogen) atoms. The summed E-state index contributed by atoms with van der Waals surface area (Å²) in [4.78, 5) is 10.9. The molecule has 2 nitrogen and oxygen atoms in total. The van der Waals surface area contributed by atoms with Gasteiger partial charge in [0.25, 0.3) is 0 Å². The number of carbonyl (C=O) groups is 1. The summed E-state index contributed by atoms with van der Waals surface area (Å²) in [5.41, 5.74) is 1.77. The molecule has 0 aromatic carbocycles. The van der Waals surface area contributed by atoms with Gasteiger partial charge in [-0.2, -0.15) is 0 Å². The van der Waals surface area contributed by atoms with Gasteiger partial charge in [0.1, 0.15) is 0 Å². The fourth-order valence-electron chi connectivity index (χ4n) is 0.487.